The molecule has 34 heavy (non-hydrogen) atoms. The largest absolute Gasteiger partial charge is 0.459 e. The first-order valence-corrected chi connectivity index (χ1v) is 11.7. The first-order valence-electron chi connectivity index (χ1n) is 11.0. The third-order valence-corrected chi connectivity index (χ3v) is 5.99. The Balaban J connectivity index is 1.34. The van der Waals surface area contributed by atoms with E-state index in [1.54, 1.807) is 18.2 Å². The minimum absolute atomic E-state index is 0.226. The molecule has 1 aromatic carbocycles. The summed E-state index contributed by atoms with van der Waals surface area (Å²) in [5.41, 5.74) is 0.722. The van der Waals surface area contributed by atoms with Crippen LogP contribution in [0.25, 0.3) is 11.3 Å². The number of furan rings is 1. The summed E-state index contributed by atoms with van der Waals surface area (Å²) in [5.74, 6) is 2.64. The Morgan fingerprint density at radius 2 is 1.47 bits per heavy atom. The lowest BCUT2D eigenvalue weighted by molar-refractivity contribution is 0.121. The lowest BCUT2D eigenvalue weighted by atomic mass is 10.2. The average Bonchev–Trinajstić information content (AvgIpc) is 3.35. The van der Waals surface area contributed by atoms with E-state index < -0.39 is 0 Å². The van der Waals surface area contributed by atoms with Crippen LogP contribution in [0.5, 0.6) is 0 Å². The maximum absolute atomic E-state index is 6.28. The van der Waals surface area contributed by atoms with Gasteiger partial charge in [0.25, 0.3) is 5.95 Å². The highest BCUT2D eigenvalue weighted by atomic mass is 35.5. The molecule has 0 amide bonds. The van der Waals surface area contributed by atoms with Gasteiger partial charge >= 0.3 is 0 Å². The summed E-state index contributed by atoms with van der Waals surface area (Å²) in [6.45, 7) is 5.60. The van der Waals surface area contributed by atoms with Gasteiger partial charge in [0.1, 0.15) is 18.1 Å². The SMILES string of the molecule is Clc1ccc(Cl)c(-c2ccc(CN=Nc3nc(N4CCOCC4)nc(N4CCOCC4)n3)o2)c1. The third kappa shape index (κ3) is 5.47. The van der Waals surface area contributed by atoms with E-state index in [0.29, 0.717) is 86.1 Å². The van der Waals surface area contributed by atoms with Gasteiger partial charge < -0.3 is 23.7 Å². The summed E-state index contributed by atoms with van der Waals surface area (Å²) < 4.78 is 16.8. The fourth-order valence-electron chi connectivity index (χ4n) is 3.66. The zero-order chi connectivity index (χ0) is 23.3. The molecule has 178 valence electrons. The number of ether oxygens (including phenoxy) is 2. The van der Waals surface area contributed by atoms with Crippen molar-refractivity contribution < 1.29 is 13.9 Å². The van der Waals surface area contributed by atoms with Crippen molar-refractivity contribution in [2.75, 3.05) is 62.4 Å². The van der Waals surface area contributed by atoms with Crippen molar-refractivity contribution >= 4 is 41.0 Å². The van der Waals surface area contributed by atoms with Gasteiger partial charge in [0.15, 0.2) is 0 Å². The number of morpholine rings is 2. The van der Waals surface area contributed by atoms with Gasteiger partial charge in [-0.25, -0.2) is 0 Å². The van der Waals surface area contributed by atoms with E-state index in [1.807, 2.05) is 12.1 Å². The van der Waals surface area contributed by atoms with E-state index in [2.05, 4.69) is 35.0 Å². The van der Waals surface area contributed by atoms with Crippen LogP contribution in [0, 0.1) is 0 Å². The van der Waals surface area contributed by atoms with E-state index in [0.717, 1.165) is 5.56 Å². The predicted octanol–water partition coefficient (Wildman–Crippen LogP) is 4.40. The number of nitrogens with zero attached hydrogens (tertiary/aromatic N) is 7. The smallest absolute Gasteiger partial charge is 0.275 e. The Bertz CT molecular complexity index is 1120. The Morgan fingerprint density at radius 1 is 0.824 bits per heavy atom. The molecule has 2 aliphatic rings. The molecule has 0 N–H and O–H groups in total. The van der Waals surface area contributed by atoms with Gasteiger partial charge in [-0.05, 0) is 30.3 Å². The molecule has 0 atom stereocenters. The first kappa shape index (κ1) is 23.0. The van der Waals surface area contributed by atoms with Crippen LogP contribution in [0.2, 0.25) is 10.0 Å². The molecule has 0 bridgehead atoms. The molecule has 12 heteroatoms. The van der Waals surface area contributed by atoms with Crippen LogP contribution in [0.4, 0.5) is 17.8 Å². The van der Waals surface area contributed by atoms with Crippen LogP contribution in [-0.4, -0.2) is 67.6 Å². The normalized spacial score (nSPS) is 17.0. The van der Waals surface area contributed by atoms with Crippen molar-refractivity contribution in [2.45, 2.75) is 6.54 Å². The second-order valence-corrected chi connectivity index (χ2v) is 8.57. The van der Waals surface area contributed by atoms with Crippen LogP contribution in [0.15, 0.2) is 45.0 Å². The van der Waals surface area contributed by atoms with Crippen LogP contribution < -0.4 is 9.80 Å². The van der Waals surface area contributed by atoms with Crippen molar-refractivity contribution in [1.82, 2.24) is 15.0 Å². The van der Waals surface area contributed by atoms with Crippen LogP contribution >= 0.6 is 23.2 Å². The highest BCUT2D eigenvalue weighted by Crippen LogP contribution is 2.32. The Labute approximate surface area is 206 Å². The number of anilines is 2. The van der Waals surface area contributed by atoms with Gasteiger partial charge in [-0.2, -0.15) is 20.1 Å². The first-order chi connectivity index (χ1) is 16.7. The van der Waals surface area contributed by atoms with Gasteiger partial charge in [0, 0.05) is 36.8 Å². The molecule has 0 radical (unpaired) electrons. The molecule has 0 spiro atoms. The number of aromatic nitrogens is 3. The van der Waals surface area contributed by atoms with E-state index in [9.17, 15) is 0 Å². The Kier molecular flexibility index (Phi) is 7.19. The summed E-state index contributed by atoms with van der Waals surface area (Å²) >= 11 is 12.4. The third-order valence-electron chi connectivity index (χ3n) is 5.43. The minimum atomic E-state index is 0.226. The number of benzene rings is 1. The van der Waals surface area contributed by atoms with Gasteiger partial charge in [-0.3, -0.25) is 0 Å². The molecule has 0 aliphatic carbocycles. The van der Waals surface area contributed by atoms with E-state index in [1.165, 1.54) is 0 Å². The van der Waals surface area contributed by atoms with E-state index in [-0.39, 0.29) is 12.5 Å². The molecule has 3 aromatic rings. The summed E-state index contributed by atoms with van der Waals surface area (Å²) in [4.78, 5) is 17.9. The van der Waals surface area contributed by atoms with Gasteiger partial charge in [-0.15, -0.1) is 5.11 Å². The maximum atomic E-state index is 6.28. The van der Waals surface area contributed by atoms with Crippen molar-refractivity contribution in [1.29, 1.82) is 0 Å². The van der Waals surface area contributed by atoms with E-state index in [4.69, 9.17) is 37.1 Å². The minimum Gasteiger partial charge on any atom is -0.459 e. The summed E-state index contributed by atoms with van der Waals surface area (Å²) in [5, 5.41) is 9.67. The topological polar surface area (TPSA) is 101 Å². The Morgan fingerprint density at radius 3 is 2.12 bits per heavy atom. The second kappa shape index (κ2) is 10.6. The molecular weight excluding hydrogens is 481 g/mol. The van der Waals surface area contributed by atoms with Gasteiger partial charge in [0.2, 0.25) is 11.9 Å². The zero-order valence-corrected chi connectivity index (χ0v) is 19.9. The lowest BCUT2D eigenvalue weighted by Crippen LogP contribution is -2.39. The van der Waals surface area contributed by atoms with Crippen LogP contribution in [0.1, 0.15) is 5.76 Å². The number of hydrogen-bond donors (Lipinski definition) is 0. The fraction of sp³-hybridized carbons (Fsp3) is 0.409. The molecule has 5 rings (SSSR count). The van der Waals surface area contributed by atoms with E-state index >= 15 is 0 Å². The summed E-state index contributed by atoms with van der Waals surface area (Å²) in [7, 11) is 0. The Hall–Kier alpha value is -2.79. The van der Waals surface area contributed by atoms with Crippen molar-refractivity contribution in [3.63, 3.8) is 0 Å². The predicted molar refractivity (Wildman–Crippen MR) is 128 cm³/mol. The van der Waals surface area contributed by atoms with Gasteiger partial charge in [-0.1, -0.05) is 23.2 Å². The highest BCUT2D eigenvalue weighted by molar-refractivity contribution is 6.35. The second-order valence-electron chi connectivity index (χ2n) is 7.72. The maximum Gasteiger partial charge on any atom is 0.275 e. The fourth-order valence-corrected chi connectivity index (χ4v) is 4.04. The molecule has 0 saturated carbocycles. The molecule has 2 saturated heterocycles. The molecule has 2 aliphatic heterocycles. The molecule has 10 nitrogen and oxygen atoms in total. The highest BCUT2D eigenvalue weighted by Gasteiger charge is 2.20. The molecular formula is C22H23Cl2N7O3. The standard InChI is InChI=1S/C22H23Cl2N7O3/c23-15-1-3-18(24)17(13-15)19-4-2-16(34-19)14-25-29-20-26-21(30-5-9-32-10-6-30)28-22(27-20)31-7-11-33-12-8-31/h1-4,13H,5-12,14H2. The summed E-state index contributed by atoms with van der Waals surface area (Å²) in [6.07, 6.45) is 0. The van der Waals surface area contributed by atoms with Crippen molar-refractivity contribution in [3.05, 3.63) is 46.1 Å². The van der Waals surface area contributed by atoms with Gasteiger partial charge in [0.05, 0.1) is 31.5 Å². The van der Waals surface area contributed by atoms with Crippen LogP contribution in [-0.2, 0) is 16.0 Å². The number of halogens is 2. The molecule has 2 fully saturated rings. The zero-order valence-electron chi connectivity index (χ0n) is 18.4. The van der Waals surface area contributed by atoms with Crippen molar-refractivity contribution in [2.24, 2.45) is 10.2 Å². The number of azo groups is 1. The number of hydrogen-bond acceptors (Lipinski definition) is 10. The monoisotopic (exact) mass is 503 g/mol. The average molecular weight is 504 g/mol. The lowest BCUT2D eigenvalue weighted by Gasteiger charge is -2.29. The number of rotatable bonds is 6. The quantitative estimate of drug-likeness (QED) is 0.456. The van der Waals surface area contributed by atoms with Crippen molar-refractivity contribution in [3.8, 4) is 11.3 Å². The molecule has 2 aromatic heterocycles. The molecule has 0 unspecified atom stereocenters. The summed E-state index contributed by atoms with van der Waals surface area (Å²) in [6, 6.07) is 8.89. The molecule has 4 heterocycles. The van der Waals surface area contributed by atoms with Crippen LogP contribution in [0.3, 0.4) is 0 Å².